The first-order chi connectivity index (χ1) is 10.2. The van der Waals surface area contributed by atoms with E-state index < -0.39 is 0 Å². The van der Waals surface area contributed by atoms with Gasteiger partial charge in [-0.15, -0.1) is 0 Å². The van der Waals surface area contributed by atoms with Gasteiger partial charge in [0.2, 0.25) is 0 Å². The summed E-state index contributed by atoms with van der Waals surface area (Å²) in [5.41, 5.74) is 1.11. The molecule has 0 radical (unpaired) electrons. The van der Waals surface area contributed by atoms with Gasteiger partial charge in [-0.3, -0.25) is 9.59 Å². The van der Waals surface area contributed by atoms with Crippen molar-refractivity contribution in [1.29, 1.82) is 5.26 Å². The third-order valence-electron chi connectivity index (χ3n) is 3.66. The van der Waals surface area contributed by atoms with Crippen LogP contribution in [0.1, 0.15) is 35.7 Å². The molecule has 0 saturated carbocycles. The predicted octanol–water partition coefficient (Wildman–Crippen LogP) is 1.97. The summed E-state index contributed by atoms with van der Waals surface area (Å²) in [7, 11) is 0. The molecule has 21 heavy (non-hydrogen) atoms. The average molecular weight is 286 g/mol. The summed E-state index contributed by atoms with van der Waals surface area (Å²) in [4.78, 5) is 25.7. The number of piperidine rings is 1. The molecule has 1 fully saturated rings. The molecule has 2 rings (SSSR count). The maximum atomic E-state index is 12.3. The number of carbonyl (C=O) groups excluding carboxylic acids is 2. The molecule has 1 aliphatic rings. The van der Waals surface area contributed by atoms with E-state index in [9.17, 15) is 9.59 Å². The molecule has 0 aromatic heterocycles. The molecular formula is C16H18N2O3. The van der Waals surface area contributed by atoms with Gasteiger partial charge in [-0.25, -0.2) is 0 Å². The lowest BCUT2D eigenvalue weighted by Gasteiger charge is -2.30. The number of benzene rings is 1. The van der Waals surface area contributed by atoms with Gasteiger partial charge in [0.25, 0.3) is 5.91 Å². The summed E-state index contributed by atoms with van der Waals surface area (Å²) >= 11 is 0. The summed E-state index contributed by atoms with van der Waals surface area (Å²) in [5.74, 6) is -0.320. The molecule has 0 N–H and O–H groups in total. The third kappa shape index (κ3) is 3.60. The van der Waals surface area contributed by atoms with Gasteiger partial charge >= 0.3 is 5.97 Å². The number of nitriles is 1. The third-order valence-corrected chi connectivity index (χ3v) is 3.66. The highest BCUT2D eigenvalue weighted by Crippen LogP contribution is 2.20. The van der Waals surface area contributed by atoms with E-state index in [0.717, 1.165) is 0 Å². The maximum absolute atomic E-state index is 12.3. The van der Waals surface area contributed by atoms with Crippen LogP contribution in [0.2, 0.25) is 0 Å². The van der Waals surface area contributed by atoms with E-state index in [-0.39, 0.29) is 17.8 Å². The number of hydrogen-bond donors (Lipinski definition) is 0. The van der Waals surface area contributed by atoms with Gasteiger partial charge in [-0.1, -0.05) is 0 Å². The highest BCUT2D eigenvalue weighted by atomic mass is 16.5. The molecule has 1 aromatic rings. The maximum Gasteiger partial charge on any atom is 0.309 e. The lowest BCUT2D eigenvalue weighted by Crippen LogP contribution is -2.40. The second-order valence-electron chi connectivity index (χ2n) is 5.01. The van der Waals surface area contributed by atoms with Crippen LogP contribution in [0.25, 0.3) is 0 Å². The molecule has 5 heteroatoms. The Hall–Kier alpha value is -2.35. The number of rotatable bonds is 3. The number of amides is 1. The normalized spacial score (nSPS) is 15.3. The molecule has 1 heterocycles. The summed E-state index contributed by atoms with van der Waals surface area (Å²) in [6.07, 6.45) is 1.28. The fraction of sp³-hybridized carbons (Fsp3) is 0.438. The summed E-state index contributed by atoms with van der Waals surface area (Å²) in [6, 6.07) is 8.63. The van der Waals surface area contributed by atoms with Crippen LogP contribution in [0.3, 0.4) is 0 Å². The van der Waals surface area contributed by atoms with E-state index in [1.807, 2.05) is 6.07 Å². The van der Waals surface area contributed by atoms with Crippen molar-refractivity contribution in [3.8, 4) is 6.07 Å². The van der Waals surface area contributed by atoms with E-state index in [0.29, 0.717) is 43.7 Å². The van der Waals surface area contributed by atoms with Gasteiger partial charge in [0.05, 0.1) is 24.2 Å². The van der Waals surface area contributed by atoms with Gasteiger partial charge in [0.1, 0.15) is 0 Å². The first kappa shape index (κ1) is 15.0. The van der Waals surface area contributed by atoms with Gasteiger partial charge in [0, 0.05) is 18.7 Å². The lowest BCUT2D eigenvalue weighted by molar-refractivity contribution is -0.149. The topological polar surface area (TPSA) is 70.4 Å². The summed E-state index contributed by atoms with van der Waals surface area (Å²) in [5, 5.41) is 8.75. The molecule has 0 bridgehead atoms. The van der Waals surface area contributed by atoms with Crippen molar-refractivity contribution in [3.05, 3.63) is 35.4 Å². The smallest absolute Gasteiger partial charge is 0.309 e. The van der Waals surface area contributed by atoms with E-state index in [1.165, 1.54) is 0 Å². The molecule has 5 nitrogen and oxygen atoms in total. The SMILES string of the molecule is CCOC(=O)C1CCN(C(=O)c2ccc(C#N)cc2)CC1. The van der Waals surface area contributed by atoms with Crippen LogP contribution in [0.15, 0.2) is 24.3 Å². The van der Waals surface area contributed by atoms with Crippen molar-refractivity contribution in [2.45, 2.75) is 19.8 Å². The molecule has 0 unspecified atom stereocenters. The van der Waals surface area contributed by atoms with Gasteiger partial charge in [-0.05, 0) is 44.0 Å². The molecule has 1 aliphatic heterocycles. The van der Waals surface area contributed by atoms with Crippen LogP contribution in [-0.4, -0.2) is 36.5 Å². The van der Waals surface area contributed by atoms with Gasteiger partial charge < -0.3 is 9.64 Å². The quantitative estimate of drug-likeness (QED) is 0.797. The molecule has 110 valence electrons. The molecular weight excluding hydrogens is 268 g/mol. The van der Waals surface area contributed by atoms with Gasteiger partial charge in [0.15, 0.2) is 0 Å². The number of esters is 1. The zero-order chi connectivity index (χ0) is 15.2. The Balaban J connectivity index is 1.93. The van der Waals surface area contributed by atoms with E-state index >= 15 is 0 Å². The Morgan fingerprint density at radius 3 is 2.43 bits per heavy atom. The standard InChI is InChI=1S/C16H18N2O3/c1-2-21-16(20)14-7-9-18(10-8-14)15(19)13-5-3-12(11-17)4-6-13/h3-6,14H,2,7-10H2,1H3. The van der Waals surface area contributed by atoms with Crippen molar-refractivity contribution in [2.24, 2.45) is 5.92 Å². The molecule has 1 amide bonds. The number of nitrogens with zero attached hydrogens (tertiary/aromatic N) is 2. The van der Waals surface area contributed by atoms with Crippen LogP contribution >= 0.6 is 0 Å². The zero-order valence-electron chi connectivity index (χ0n) is 12.0. The molecule has 0 aliphatic carbocycles. The van der Waals surface area contributed by atoms with Crippen LogP contribution < -0.4 is 0 Å². The Kier molecular flexibility index (Phi) is 4.94. The Bertz CT molecular complexity index is 552. The minimum absolute atomic E-state index is 0.0539. The zero-order valence-corrected chi connectivity index (χ0v) is 12.0. The number of likely N-dealkylation sites (tertiary alicyclic amines) is 1. The Labute approximate surface area is 124 Å². The first-order valence-electron chi connectivity index (χ1n) is 7.11. The van der Waals surface area contributed by atoms with E-state index in [4.69, 9.17) is 10.00 Å². The van der Waals surface area contributed by atoms with E-state index in [1.54, 1.807) is 36.1 Å². The van der Waals surface area contributed by atoms with Crippen LogP contribution in [-0.2, 0) is 9.53 Å². The summed E-state index contributed by atoms with van der Waals surface area (Å²) < 4.78 is 5.01. The van der Waals surface area contributed by atoms with Crippen LogP contribution in [0.4, 0.5) is 0 Å². The lowest BCUT2D eigenvalue weighted by atomic mass is 9.96. The number of hydrogen-bond acceptors (Lipinski definition) is 4. The van der Waals surface area contributed by atoms with Crippen LogP contribution in [0.5, 0.6) is 0 Å². The molecule has 1 saturated heterocycles. The van der Waals surface area contributed by atoms with Crippen molar-refractivity contribution < 1.29 is 14.3 Å². The largest absolute Gasteiger partial charge is 0.466 e. The Morgan fingerprint density at radius 1 is 1.29 bits per heavy atom. The van der Waals surface area contributed by atoms with Crippen molar-refractivity contribution in [3.63, 3.8) is 0 Å². The second kappa shape index (κ2) is 6.89. The van der Waals surface area contributed by atoms with Crippen molar-refractivity contribution >= 4 is 11.9 Å². The first-order valence-corrected chi connectivity index (χ1v) is 7.11. The molecule has 1 aromatic carbocycles. The fourth-order valence-electron chi connectivity index (χ4n) is 2.45. The molecule has 0 spiro atoms. The second-order valence-corrected chi connectivity index (χ2v) is 5.01. The average Bonchev–Trinajstić information content (AvgIpc) is 2.54. The monoisotopic (exact) mass is 286 g/mol. The van der Waals surface area contributed by atoms with Gasteiger partial charge in [-0.2, -0.15) is 5.26 Å². The van der Waals surface area contributed by atoms with Crippen molar-refractivity contribution in [1.82, 2.24) is 4.90 Å². The minimum Gasteiger partial charge on any atom is -0.466 e. The van der Waals surface area contributed by atoms with Crippen LogP contribution in [0, 0.1) is 17.2 Å². The summed E-state index contributed by atoms with van der Waals surface area (Å²) in [6.45, 7) is 3.30. The minimum atomic E-state index is -0.164. The highest BCUT2D eigenvalue weighted by Gasteiger charge is 2.28. The number of ether oxygens (including phenoxy) is 1. The Morgan fingerprint density at radius 2 is 1.90 bits per heavy atom. The fourth-order valence-corrected chi connectivity index (χ4v) is 2.45. The number of carbonyl (C=O) groups is 2. The van der Waals surface area contributed by atoms with E-state index in [2.05, 4.69) is 0 Å². The highest BCUT2D eigenvalue weighted by molar-refractivity contribution is 5.94. The van der Waals surface area contributed by atoms with Crippen molar-refractivity contribution in [2.75, 3.05) is 19.7 Å². The molecule has 0 atom stereocenters. The predicted molar refractivity (Wildman–Crippen MR) is 76.4 cm³/mol.